The van der Waals surface area contributed by atoms with Crippen LogP contribution in [0.2, 0.25) is 0 Å². The van der Waals surface area contributed by atoms with Crippen LogP contribution in [0.15, 0.2) is 0 Å². The van der Waals surface area contributed by atoms with Crippen molar-refractivity contribution in [2.24, 2.45) is 0 Å². The molecule has 0 atom stereocenters. The Morgan fingerprint density at radius 2 is 1.33 bits per heavy atom. The standard InChI is InChI=1S/C2H4O2.Mg.Na.3H2O.3H/c1-2(3)4;;;;;;;;/h1H3,(H,3,4);;;3*1H2;;;/q;+2;+1;;;;3*-1. The normalized spacial score (nSPS) is 2.78. The zero-order chi connectivity index (χ0) is 3.58. The minimum atomic E-state index is -0.833. The molecule has 0 aliphatic rings. The van der Waals surface area contributed by atoms with Gasteiger partial charge in [0.1, 0.15) is 0 Å². The Kier molecular flexibility index (Phi) is 195. The van der Waals surface area contributed by atoms with Crippen molar-refractivity contribution in [3.8, 4) is 0 Å². The second-order valence-corrected chi connectivity index (χ2v) is 0.519. The van der Waals surface area contributed by atoms with E-state index in [1.54, 1.807) is 0 Å². The Morgan fingerprint density at radius 3 is 1.33 bits per heavy atom. The smallest absolute Gasteiger partial charge is 1.00 e. The molecule has 0 radical (unpaired) electrons. The van der Waals surface area contributed by atoms with Crippen LogP contribution in [0, 0.1) is 0 Å². The SMILES string of the molecule is CC(=O)O.O.O.O.[H-].[H-].[H-].[Mg+2].[Na+]. The van der Waals surface area contributed by atoms with E-state index in [0.29, 0.717) is 0 Å². The van der Waals surface area contributed by atoms with Crippen molar-refractivity contribution in [2.75, 3.05) is 0 Å². The molecule has 0 rings (SSSR count). The number of hydrogen-bond acceptors (Lipinski definition) is 1. The predicted octanol–water partition coefficient (Wildman–Crippen LogP) is -5.42. The zero-order valence-electron chi connectivity index (χ0n) is 8.56. The molecule has 5 nitrogen and oxygen atoms in total. The fourth-order valence-electron chi connectivity index (χ4n) is 0. The second-order valence-electron chi connectivity index (χ2n) is 0.519. The van der Waals surface area contributed by atoms with Gasteiger partial charge in [-0.1, -0.05) is 0 Å². The maximum atomic E-state index is 9.00. The largest absolute Gasteiger partial charge is 2.00 e. The third-order valence-corrected chi connectivity index (χ3v) is 0. The zero-order valence-corrected chi connectivity index (χ0v) is 8.98. The molecule has 7 heteroatoms. The first kappa shape index (κ1) is 49.6. The quantitative estimate of drug-likeness (QED) is 0.358. The van der Waals surface area contributed by atoms with E-state index in [-0.39, 0.29) is 73.3 Å². The topological polar surface area (TPSA) is 132 Å². The summed E-state index contributed by atoms with van der Waals surface area (Å²) in [6.45, 7) is 1.08. The molecule has 7 N–H and O–H groups in total. The molecule has 0 aliphatic carbocycles. The van der Waals surface area contributed by atoms with Gasteiger partial charge in [-0.15, -0.1) is 0 Å². The van der Waals surface area contributed by atoms with Gasteiger partial charge in [0, 0.05) is 6.92 Å². The molecule has 0 aromatic carbocycles. The van der Waals surface area contributed by atoms with Crippen LogP contribution in [0.3, 0.4) is 0 Å². The Hall–Kier alpha value is 1.12. The number of carbonyl (C=O) groups is 1. The summed E-state index contributed by atoms with van der Waals surface area (Å²) in [5.74, 6) is -0.833. The van der Waals surface area contributed by atoms with E-state index in [1.807, 2.05) is 0 Å². The first-order valence-corrected chi connectivity index (χ1v) is 0.928. The Labute approximate surface area is 95.6 Å². The van der Waals surface area contributed by atoms with Gasteiger partial charge in [0.25, 0.3) is 5.97 Å². The van der Waals surface area contributed by atoms with Gasteiger partial charge >= 0.3 is 52.6 Å². The molecule has 0 unspecified atom stereocenters. The third kappa shape index (κ3) is 371. The summed E-state index contributed by atoms with van der Waals surface area (Å²) in [7, 11) is 0. The number of aliphatic carboxylic acids is 1. The van der Waals surface area contributed by atoms with Crippen LogP contribution in [0.25, 0.3) is 0 Å². The van der Waals surface area contributed by atoms with Crippen molar-refractivity contribution < 1.29 is 60.2 Å². The molecule has 9 heavy (non-hydrogen) atoms. The molecule has 0 aromatic rings. The average Bonchev–Trinajstić information content (AvgIpc) is 0.811. The molecular weight excluding hydrogens is 151 g/mol. The number of carboxylic acids is 1. The van der Waals surface area contributed by atoms with E-state index in [9.17, 15) is 0 Å². The van der Waals surface area contributed by atoms with E-state index in [0.717, 1.165) is 6.92 Å². The van der Waals surface area contributed by atoms with Crippen molar-refractivity contribution >= 4 is 29.0 Å². The van der Waals surface area contributed by atoms with Crippen LogP contribution < -0.4 is 29.6 Å². The van der Waals surface area contributed by atoms with Gasteiger partial charge in [0.05, 0.1) is 0 Å². The van der Waals surface area contributed by atoms with Crippen molar-refractivity contribution in [3.63, 3.8) is 0 Å². The second kappa shape index (κ2) is 35.4. The predicted molar refractivity (Wildman–Crippen MR) is 33.2 cm³/mol. The molecule has 0 heterocycles. The van der Waals surface area contributed by atoms with E-state index in [1.165, 1.54) is 0 Å². The molecule has 0 saturated carbocycles. The van der Waals surface area contributed by atoms with Crippen molar-refractivity contribution in [3.05, 3.63) is 0 Å². The molecule has 0 aromatic heterocycles. The van der Waals surface area contributed by atoms with Gasteiger partial charge in [0.2, 0.25) is 0 Å². The molecule has 0 aliphatic heterocycles. The molecule has 0 spiro atoms. The van der Waals surface area contributed by atoms with E-state index >= 15 is 0 Å². The Bertz CT molecular complexity index is 47.7. The fourth-order valence-corrected chi connectivity index (χ4v) is 0. The molecule has 0 saturated heterocycles. The molecular formula is C2H13MgNaO5. The summed E-state index contributed by atoms with van der Waals surface area (Å²) in [5, 5.41) is 7.42. The van der Waals surface area contributed by atoms with Crippen LogP contribution in [-0.4, -0.2) is 50.6 Å². The summed E-state index contributed by atoms with van der Waals surface area (Å²) in [6.07, 6.45) is 0. The monoisotopic (exact) mass is 164 g/mol. The molecule has 0 fully saturated rings. The molecule has 0 amide bonds. The van der Waals surface area contributed by atoms with Crippen LogP contribution in [0.4, 0.5) is 0 Å². The van der Waals surface area contributed by atoms with E-state index < -0.39 is 5.97 Å². The van der Waals surface area contributed by atoms with Gasteiger partial charge in [-0.3, -0.25) is 4.79 Å². The first-order valence-electron chi connectivity index (χ1n) is 0.928. The average molecular weight is 164 g/mol. The first-order chi connectivity index (χ1) is 1.73. The fraction of sp³-hybridized carbons (Fsp3) is 0.500. The maximum Gasteiger partial charge on any atom is 2.00 e. The minimum Gasteiger partial charge on any atom is -1.00 e. The number of hydrogen-bond donors (Lipinski definition) is 1. The van der Waals surface area contributed by atoms with Gasteiger partial charge in [-0.25, -0.2) is 0 Å². The van der Waals surface area contributed by atoms with E-state index in [4.69, 9.17) is 9.90 Å². The van der Waals surface area contributed by atoms with Gasteiger partial charge in [-0.05, 0) is 0 Å². The minimum absolute atomic E-state index is 0. The Morgan fingerprint density at radius 1 is 1.33 bits per heavy atom. The van der Waals surface area contributed by atoms with Crippen LogP contribution in [0.1, 0.15) is 11.2 Å². The van der Waals surface area contributed by atoms with Crippen LogP contribution >= 0.6 is 0 Å². The molecule has 0 bridgehead atoms. The summed E-state index contributed by atoms with van der Waals surface area (Å²) >= 11 is 0. The van der Waals surface area contributed by atoms with Crippen molar-refractivity contribution in [2.45, 2.75) is 6.92 Å². The van der Waals surface area contributed by atoms with E-state index in [2.05, 4.69) is 0 Å². The van der Waals surface area contributed by atoms with Gasteiger partial charge < -0.3 is 25.8 Å². The van der Waals surface area contributed by atoms with Gasteiger partial charge in [-0.2, -0.15) is 0 Å². The van der Waals surface area contributed by atoms with Crippen molar-refractivity contribution in [1.82, 2.24) is 0 Å². The number of rotatable bonds is 0. The van der Waals surface area contributed by atoms with Crippen LogP contribution in [-0.2, 0) is 4.79 Å². The summed E-state index contributed by atoms with van der Waals surface area (Å²) in [6, 6.07) is 0. The summed E-state index contributed by atoms with van der Waals surface area (Å²) < 4.78 is 0. The maximum absolute atomic E-state index is 9.00. The summed E-state index contributed by atoms with van der Waals surface area (Å²) in [4.78, 5) is 9.00. The van der Waals surface area contributed by atoms with Crippen LogP contribution in [0.5, 0.6) is 0 Å². The molecule has 54 valence electrons. The van der Waals surface area contributed by atoms with Gasteiger partial charge in [0.15, 0.2) is 0 Å². The summed E-state index contributed by atoms with van der Waals surface area (Å²) in [5.41, 5.74) is 0. The number of carboxylic acid groups (broad SMARTS) is 1. The Balaban J connectivity index is -0.00000000161. The third-order valence-electron chi connectivity index (χ3n) is 0. The van der Waals surface area contributed by atoms with Crippen molar-refractivity contribution in [1.29, 1.82) is 0 Å².